The number of carbonyl (C=O) groups excluding carboxylic acids is 1. The van der Waals surface area contributed by atoms with Crippen molar-refractivity contribution in [3.63, 3.8) is 0 Å². The Bertz CT molecular complexity index is 408. The minimum Gasteiger partial charge on any atom is -0.367 e. The van der Waals surface area contributed by atoms with Crippen molar-refractivity contribution in [2.75, 3.05) is 31.1 Å². The third-order valence-electron chi connectivity index (χ3n) is 2.69. The number of halogens is 2. The van der Waals surface area contributed by atoms with E-state index in [0.717, 1.165) is 26.2 Å². The number of rotatable bonds is 2. The van der Waals surface area contributed by atoms with E-state index >= 15 is 0 Å². The van der Waals surface area contributed by atoms with Gasteiger partial charge in [-0.15, -0.1) is 12.4 Å². The van der Waals surface area contributed by atoms with E-state index in [4.69, 9.17) is 5.73 Å². The Labute approximate surface area is 105 Å². The fourth-order valence-corrected chi connectivity index (χ4v) is 1.81. The second kappa shape index (κ2) is 5.84. The monoisotopic (exact) mass is 259 g/mol. The highest BCUT2D eigenvalue weighted by Crippen LogP contribution is 2.21. The average Bonchev–Trinajstić information content (AvgIpc) is 2.30. The average molecular weight is 260 g/mol. The Morgan fingerprint density at radius 3 is 2.59 bits per heavy atom. The van der Waals surface area contributed by atoms with E-state index in [2.05, 4.69) is 5.32 Å². The minimum atomic E-state index is -0.531. The fraction of sp³-hybridized carbons (Fsp3) is 0.364. The van der Waals surface area contributed by atoms with Gasteiger partial charge in [-0.25, -0.2) is 4.39 Å². The van der Waals surface area contributed by atoms with Crippen molar-refractivity contribution in [1.29, 1.82) is 0 Å². The molecule has 2 rings (SSSR count). The molecule has 0 atom stereocenters. The number of nitrogens with one attached hydrogen (secondary N) is 1. The number of hydrogen-bond acceptors (Lipinski definition) is 3. The summed E-state index contributed by atoms with van der Waals surface area (Å²) in [6, 6.07) is 4.21. The molecule has 1 aromatic rings. The lowest BCUT2D eigenvalue weighted by atomic mass is 10.1. The third kappa shape index (κ3) is 3.08. The predicted octanol–water partition coefficient (Wildman–Crippen LogP) is 0.756. The summed E-state index contributed by atoms with van der Waals surface area (Å²) >= 11 is 0. The first-order valence-corrected chi connectivity index (χ1v) is 5.23. The second-order valence-corrected chi connectivity index (χ2v) is 3.77. The predicted molar refractivity (Wildman–Crippen MR) is 67.2 cm³/mol. The molecule has 1 amide bonds. The molecular formula is C11H15ClFN3O. The van der Waals surface area contributed by atoms with Crippen molar-refractivity contribution < 1.29 is 9.18 Å². The van der Waals surface area contributed by atoms with Gasteiger partial charge in [0.2, 0.25) is 5.91 Å². The number of nitrogens with zero attached hydrogens (tertiary/aromatic N) is 1. The normalized spacial score (nSPS) is 15.2. The number of amides is 1. The summed E-state index contributed by atoms with van der Waals surface area (Å²) in [6.45, 7) is 3.11. The summed E-state index contributed by atoms with van der Waals surface area (Å²) in [5, 5.41) is 3.19. The summed E-state index contributed by atoms with van der Waals surface area (Å²) in [6.07, 6.45) is 0. The van der Waals surface area contributed by atoms with Crippen LogP contribution in [0.25, 0.3) is 0 Å². The first kappa shape index (κ1) is 13.7. The lowest BCUT2D eigenvalue weighted by Crippen LogP contribution is -2.44. The molecule has 1 aliphatic rings. The van der Waals surface area contributed by atoms with Crippen LogP contribution in [-0.4, -0.2) is 32.1 Å². The van der Waals surface area contributed by atoms with E-state index in [1.54, 1.807) is 0 Å². The molecule has 0 saturated carbocycles. The second-order valence-electron chi connectivity index (χ2n) is 3.77. The van der Waals surface area contributed by atoms with Crippen molar-refractivity contribution in [3.8, 4) is 0 Å². The lowest BCUT2D eigenvalue weighted by molar-refractivity contribution is 0.100. The van der Waals surface area contributed by atoms with Crippen LogP contribution in [0.1, 0.15) is 10.4 Å². The van der Waals surface area contributed by atoms with Gasteiger partial charge in [0, 0.05) is 31.7 Å². The van der Waals surface area contributed by atoms with Gasteiger partial charge in [-0.1, -0.05) is 0 Å². The summed E-state index contributed by atoms with van der Waals surface area (Å²) in [7, 11) is 0. The van der Waals surface area contributed by atoms with E-state index in [9.17, 15) is 9.18 Å². The summed E-state index contributed by atoms with van der Waals surface area (Å²) in [5.41, 5.74) is 5.97. The van der Waals surface area contributed by atoms with Crippen LogP contribution >= 0.6 is 12.4 Å². The maximum atomic E-state index is 13.6. The van der Waals surface area contributed by atoms with Gasteiger partial charge in [0.05, 0.1) is 5.69 Å². The Morgan fingerprint density at radius 2 is 2.00 bits per heavy atom. The van der Waals surface area contributed by atoms with Gasteiger partial charge in [-0.3, -0.25) is 4.79 Å². The molecule has 4 nitrogen and oxygen atoms in total. The SMILES string of the molecule is Cl.NC(=O)c1ccc(F)c(N2CCNCC2)c1. The first-order valence-electron chi connectivity index (χ1n) is 5.23. The van der Waals surface area contributed by atoms with Crippen LogP contribution in [0.3, 0.4) is 0 Å². The van der Waals surface area contributed by atoms with Crippen LogP contribution in [0.15, 0.2) is 18.2 Å². The van der Waals surface area contributed by atoms with Gasteiger partial charge in [0.25, 0.3) is 0 Å². The number of hydrogen-bond donors (Lipinski definition) is 2. The van der Waals surface area contributed by atoms with Gasteiger partial charge < -0.3 is 16.0 Å². The van der Waals surface area contributed by atoms with Crippen molar-refractivity contribution >= 4 is 24.0 Å². The molecule has 1 saturated heterocycles. The molecule has 0 unspecified atom stereocenters. The molecule has 1 heterocycles. The van der Waals surface area contributed by atoms with Crippen LogP contribution in [-0.2, 0) is 0 Å². The Kier molecular flexibility index (Phi) is 4.72. The summed E-state index contributed by atoms with van der Waals surface area (Å²) < 4.78 is 13.6. The minimum absolute atomic E-state index is 0. The molecule has 0 radical (unpaired) electrons. The number of piperazine rings is 1. The van der Waals surface area contributed by atoms with Gasteiger partial charge in [-0.2, -0.15) is 0 Å². The lowest BCUT2D eigenvalue weighted by Gasteiger charge is -2.29. The number of primary amides is 1. The Morgan fingerprint density at radius 1 is 1.35 bits per heavy atom. The number of carbonyl (C=O) groups is 1. The highest BCUT2D eigenvalue weighted by atomic mass is 35.5. The Balaban J connectivity index is 0.00000144. The van der Waals surface area contributed by atoms with Gasteiger partial charge in [0.15, 0.2) is 0 Å². The van der Waals surface area contributed by atoms with Crippen molar-refractivity contribution in [1.82, 2.24) is 5.32 Å². The van der Waals surface area contributed by atoms with E-state index in [-0.39, 0.29) is 18.2 Å². The molecule has 6 heteroatoms. The molecule has 0 spiro atoms. The standard InChI is InChI=1S/C11H14FN3O.ClH/c12-9-2-1-8(11(13)16)7-10(9)15-5-3-14-4-6-15;/h1-2,7,14H,3-6H2,(H2,13,16);1H. The first-order chi connectivity index (χ1) is 7.68. The zero-order valence-corrected chi connectivity index (χ0v) is 10.1. The van der Waals surface area contributed by atoms with E-state index < -0.39 is 5.91 Å². The maximum absolute atomic E-state index is 13.6. The maximum Gasteiger partial charge on any atom is 0.248 e. The van der Waals surface area contributed by atoms with Crippen LogP contribution in [0.5, 0.6) is 0 Å². The molecule has 1 aliphatic heterocycles. The molecular weight excluding hydrogens is 245 g/mol. The number of anilines is 1. The molecule has 17 heavy (non-hydrogen) atoms. The smallest absolute Gasteiger partial charge is 0.248 e. The fourth-order valence-electron chi connectivity index (χ4n) is 1.81. The van der Waals surface area contributed by atoms with Gasteiger partial charge in [-0.05, 0) is 18.2 Å². The summed E-state index contributed by atoms with van der Waals surface area (Å²) in [4.78, 5) is 12.9. The molecule has 0 bridgehead atoms. The third-order valence-corrected chi connectivity index (χ3v) is 2.69. The van der Waals surface area contributed by atoms with Crippen LogP contribution < -0.4 is 16.0 Å². The van der Waals surface area contributed by atoms with Crippen LogP contribution in [0.2, 0.25) is 0 Å². The van der Waals surface area contributed by atoms with Crippen molar-refractivity contribution in [3.05, 3.63) is 29.6 Å². The molecule has 1 fully saturated rings. The number of nitrogens with two attached hydrogens (primary N) is 1. The van der Waals surface area contributed by atoms with E-state index in [1.807, 2.05) is 4.90 Å². The molecule has 94 valence electrons. The summed E-state index contributed by atoms with van der Waals surface area (Å²) in [5.74, 6) is -0.844. The van der Waals surface area contributed by atoms with E-state index in [0.29, 0.717) is 11.3 Å². The largest absolute Gasteiger partial charge is 0.367 e. The zero-order chi connectivity index (χ0) is 11.5. The highest BCUT2D eigenvalue weighted by Gasteiger charge is 2.15. The molecule has 1 aromatic carbocycles. The van der Waals surface area contributed by atoms with Crippen molar-refractivity contribution in [2.45, 2.75) is 0 Å². The van der Waals surface area contributed by atoms with E-state index in [1.165, 1.54) is 18.2 Å². The quantitative estimate of drug-likeness (QED) is 0.824. The molecule has 0 aromatic heterocycles. The topological polar surface area (TPSA) is 58.4 Å². The van der Waals surface area contributed by atoms with Crippen molar-refractivity contribution in [2.24, 2.45) is 5.73 Å². The van der Waals surface area contributed by atoms with Gasteiger partial charge >= 0.3 is 0 Å². The number of benzene rings is 1. The van der Waals surface area contributed by atoms with Crippen LogP contribution in [0.4, 0.5) is 10.1 Å². The molecule has 3 N–H and O–H groups in total. The zero-order valence-electron chi connectivity index (χ0n) is 9.28. The molecule has 0 aliphatic carbocycles. The highest BCUT2D eigenvalue weighted by molar-refractivity contribution is 5.93. The Hall–Kier alpha value is -1.33. The van der Waals surface area contributed by atoms with Crippen LogP contribution in [0, 0.1) is 5.82 Å². The van der Waals surface area contributed by atoms with Gasteiger partial charge in [0.1, 0.15) is 5.82 Å².